The predicted octanol–water partition coefficient (Wildman–Crippen LogP) is 2.96. The SMILES string of the molecule is CCn1c(COCc2ccccc2)nn(-c2cc(Cl)ncc2F)c1=O. The van der Waals surface area contributed by atoms with Crippen LogP contribution >= 0.6 is 11.6 Å². The fraction of sp³-hybridized carbons (Fsp3) is 0.235. The first kappa shape index (κ1) is 17.3. The van der Waals surface area contributed by atoms with Gasteiger partial charge in [-0.15, -0.1) is 5.10 Å². The summed E-state index contributed by atoms with van der Waals surface area (Å²) in [6.07, 6.45) is 0.959. The van der Waals surface area contributed by atoms with Gasteiger partial charge < -0.3 is 4.74 Å². The van der Waals surface area contributed by atoms with E-state index in [1.54, 1.807) is 0 Å². The molecule has 6 nitrogen and oxygen atoms in total. The maximum absolute atomic E-state index is 14.0. The molecule has 0 N–H and O–H groups in total. The molecule has 0 saturated carbocycles. The van der Waals surface area contributed by atoms with Crippen LogP contribution in [0.15, 0.2) is 47.4 Å². The second-order valence-corrected chi connectivity index (χ2v) is 5.68. The lowest BCUT2D eigenvalue weighted by Crippen LogP contribution is -2.24. The van der Waals surface area contributed by atoms with Crippen molar-refractivity contribution in [2.24, 2.45) is 0 Å². The van der Waals surface area contributed by atoms with Crippen molar-refractivity contribution >= 4 is 11.6 Å². The Bertz CT molecular complexity index is 924. The van der Waals surface area contributed by atoms with Crippen LogP contribution in [0.5, 0.6) is 0 Å². The van der Waals surface area contributed by atoms with Gasteiger partial charge in [0.15, 0.2) is 11.6 Å². The van der Waals surface area contributed by atoms with E-state index in [0.717, 1.165) is 16.4 Å². The first-order valence-corrected chi connectivity index (χ1v) is 8.09. The second kappa shape index (κ2) is 7.58. The molecule has 0 bridgehead atoms. The van der Waals surface area contributed by atoms with Gasteiger partial charge in [-0.2, -0.15) is 4.68 Å². The summed E-state index contributed by atoms with van der Waals surface area (Å²) in [5, 5.41) is 4.28. The topological polar surface area (TPSA) is 61.9 Å². The predicted molar refractivity (Wildman–Crippen MR) is 91.2 cm³/mol. The molecule has 2 aromatic heterocycles. The molecule has 0 aliphatic rings. The number of aromatic nitrogens is 4. The van der Waals surface area contributed by atoms with Crippen molar-refractivity contribution in [3.05, 3.63) is 75.4 Å². The molecule has 0 amide bonds. The Balaban J connectivity index is 1.85. The van der Waals surface area contributed by atoms with E-state index in [0.29, 0.717) is 19.0 Å². The van der Waals surface area contributed by atoms with Gasteiger partial charge in [0.2, 0.25) is 0 Å². The van der Waals surface area contributed by atoms with Gasteiger partial charge in [0.05, 0.1) is 12.8 Å². The number of hydrogen-bond donors (Lipinski definition) is 0. The highest BCUT2D eigenvalue weighted by Gasteiger charge is 2.17. The fourth-order valence-corrected chi connectivity index (χ4v) is 2.57. The van der Waals surface area contributed by atoms with Gasteiger partial charge in [-0.25, -0.2) is 14.2 Å². The first-order valence-electron chi connectivity index (χ1n) is 7.72. The average Bonchev–Trinajstić information content (AvgIpc) is 2.93. The summed E-state index contributed by atoms with van der Waals surface area (Å²) in [4.78, 5) is 16.1. The Kier molecular flexibility index (Phi) is 5.25. The minimum atomic E-state index is -0.677. The van der Waals surface area contributed by atoms with Crippen molar-refractivity contribution in [3.63, 3.8) is 0 Å². The number of hydrogen-bond acceptors (Lipinski definition) is 4. The Hall–Kier alpha value is -2.51. The van der Waals surface area contributed by atoms with E-state index >= 15 is 0 Å². The number of halogens is 2. The van der Waals surface area contributed by atoms with Crippen LogP contribution in [0.4, 0.5) is 4.39 Å². The molecule has 25 heavy (non-hydrogen) atoms. The molecule has 0 radical (unpaired) electrons. The molecule has 0 aliphatic heterocycles. The van der Waals surface area contributed by atoms with Crippen LogP contribution in [0, 0.1) is 5.82 Å². The Morgan fingerprint density at radius 1 is 1.24 bits per heavy atom. The van der Waals surface area contributed by atoms with Gasteiger partial charge in [-0.3, -0.25) is 4.57 Å². The average molecular weight is 363 g/mol. The molecule has 0 fully saturated rings. The molecule has 0 unspecified atom stereocenters. The summed E-state index contributed by atoms with van der Waals surface area (Å²) in [5.41, 5.74) is 0.516. The summed E-state index contributed by atoms with van der Waals surface area (Å²) in [6, 6.07) is 10.9. The van der Waals surface area contributed by atoms with Gasteiger partial charge in [0.25, 0.3) is 0 Å². The van der Waals surface area contributed by atoms with Gasteiger partial charge in [0, 0.05) is 12.6 Å². The molecular weight excluding hydrogens is 347 g/mol. The van der Waals surface area contributed by atoms with Crippen molar-refractivity contribution < 1.29 is 9.13 Å². The minimum Gasteiger partial charge on any atom is -0.369 e. The molecule has 2 heterocycles. The van der Waals surface area contributed by atoms with E-state index in [1.807, 2.05) is 37.3 Å². The molecule has 8 heteroatoms. The monoisotopic (exact) mass is 362 g/mol. The van der Waals surface area contributed by atoms with Crippen molar-refractivity contribution in [2.45, 2.75) is 26.7 Å². The van der Waals surface area contributed by atoms with Crippen LogP contribution in [-0.2, 0) is 24.5 Å². The zero-order valence-electron chi connectivity index (χ0n) is 13.5. The molecule has 1 aromatic carbocycles. The first-order chi connectivity index (χ1) is 12.1. The molecular formula is C17H16ClFN4O2. The zero-order valence-corrected chi connectivity index (χ0v) is 14.3. The fourth-order valence-electron chi connectivity index (χ4n) is 2.42. The summed E-state index contributed by atoms with van der Waals surface area (Å²) < 4.78 is 22.0. The maximum Gasteiger partial charge on any atom is 0.350 e. The maximum atomic E-state index is 14.0. The van der Waals surface area contributed by atoms with Crippen molar-refractivity contribution in [2.75, 3.05) is 0 Å². The van der Waals surface area contributed by atoms with Gasteiger partial charge >= 0.3 is 5.69 Å². The van der Waals surface area contributed by atoms with Gasteiger partial charge in [0.1, 0.15) is 17.4 Å². The minimum absolute atomic E-state index is 0.0403. The van der Waals surface area contributed by atoms with E-state index < -0.39 is 11.5 Å². The Labute approximate surface area is 148 Å². The Morgan fingerprint density at radius 3 is 2.72 bits per heavy atom. The van der Waals surface area contributed by atoms with Crippen LogP contribution in [0.25, 0.3) is 5.69 Å². The van der Waals surface area contributed by atoms with Crippen molar-refractivity contribution in [3.8, 4) is 5.69 Å². The van der Waals surface area contributed by atoms with Crippen LogP contribution in [-0.4, -0.2) is 19.3 Å². The highest BCUT2D eigenvalue weighted by Crippen LogP contribution is 2.15. The van der Waals surface area contributed by atoms with Crippen LogP contribution in [0.3, 0.4) is 0 Å². The van der Waals surface area contributed by atoms with Gasteiger partial charge in [-0.05, 0) is 12.5 Å². The lowest BCUT2D eigenvalue weighted by atomic mass is 10.2. The normalized spacial score (nSPS) is 11.0. The highest BCUT2D eigenvalue weighted by molar-refractivity contribution is 6.29. The molecule has 0 spiro atoms. The van der Waals surface area contributed by atoms with Crippen LogP contribution in [0.2, 0.25) is 5.15 Å². The number of ether oxygens (including phenoxy) is 1. The number of rotatable bonds is 6. The van der Waals surface area contributed by atoms with E-state index in [2.05, 4.69) is 10.1 Å². The third-order valence-electron chi connectivity index (χ3n) is 3.63. The lowest BCUT2D eigenvalue weighted by Gasteiger charge is -2.04. The standard InChI is InChI=1S/C17H16ClFN4O2/c1-2-22-16(11-25-10-12-6-4-3-5-7-12)21-23(17(22)24)14-8-15(18)20-9-13(14)19/h3-9H,2,10-11H2,1H3. The van der Waals surface area contributed by atoms with Crippen molar-refractivity contribution in [1.82, 2.24) is 19.3 Å². The van der Waals surface area contributed by atoms with E-state index in [4.69, 9.17) is 16.3 Å². The molecule has 0 atom stereocenters. The smallest absolute Gasteiger partial charge is 0.350 e. The quantitative estimate of drug-likeness (QED) is 0.632. The number of benzene rings is 1. The largest absolute Gasteiger partial charge is 0.369 e. The third-order valence-corrected chi connectivity index (χ3v) is 3.83. The second-order valence-electron chi connectivity index (χ2n) is 5.29. The van der Waals surface area contributed by atoms with E-state index in [9.17, 15) is 9.18 Å². The molecule has 0 saturated heterocycles. The summed E-state index contributed by atoms with van der Waals surface area (Å²) >= 11 is 5.80. The lowest BCUT2D eigenvalue weighted by molar-refractivity contribution is 0.0989. The summed E-state index contributed by atoms with van der Waals surface area (Å²) in [6.45, 7) is 2.72. The summed E-state index contributed by atoms with van der Waals surface area (Å²) in [7, 11) is 0. The van der Waals surface area contributed by atoms with Crippen molar-refractivity contribution in [1.29, 1.82) is 0 Å². The van der Waals surface area contributed by atoms with Crippen LogP contribution in [0.1, 0.15) is 18.3 Å². The highest BCUT2D eigenvalue weighted by atomic mass is 35.5. The number of pyridine rings is 1. The van der Waals surface area contributed by atoms with Crippen LogP contribution < -0.4 is 5.69 Å². The zero-order chi connectivity index (χ0) is 17.8. The molecule has 0 aliphatic carbocycles. The number of nitrogens with zero attached hydrogens (tertiary/aromatic N) is 4. The third kappa shape index (κ3) is 3.78. The van der Waals surface area contributed by atoms with E-state index in [-0.39, 0.29) is 17.4 Å². The van der Waals surface area contributed by atoms with Gasteiger partial charge in [-0.1, -0.05) is 41.9 Å². The molecule has 3 rings (SSSR count). The molecule has 3 aromatic rings. The summed E-state index contributed by atoms with van der Waals surface area (Å²) in [5.74, 6) is -0.264. The Morgan fingerprint density at radius 2 is 2.00 bits per heavy atom. The van der Waals surface area contributed by atoms with E-state index in [1.165, 1.54) is 10.6 Å². The molecule has 130 valence electrons.